The van der Waals surface area contributed by atoms with Crippen LogP contribution < -0.4 is 5.32 Å². The monoisotopic (exact) mass is 261 g/mol. The van der Waals surface area contributed by atoms with E-state index < -0.39 is 0 Å². The van der Waals surface area contributed by atoms with Crippen molar-refractivity contribution in [1.82, 2.24) is 5.32 Å². The second-order valence-electron chi connectivity index (χ2n) is 4.74. The van der Waals surface area contributed by atoms with Gasteiger partial charge in [0.25, 0.3) is 0 Å². The molecule has 0 aliphatic heterocycles. The normalized spacial score (nSPS) is 12.6. The van der Waals surface area contributed by atoms with Crippen LogP contribution in [0.25, 0.3) is 0 Å². The summed E-state index contributed by atoms with van der Waals surface area (Å²) in [6, 6.07) is 5.97. The van der Waals surface area contributed by atoms with E-state index in [0.717, 1.165) is 17.7 Å². The molecule has 1 aromatic heterocycles. The molecule has 18 heavy (non-hydrogen) atoms. The molecule has 0 saturated heterocycles. The zero-order valence-corrected chi connectivity index (χ0v) is 11.8. The van der Waals surface area contributed by atoms with Gasteiger partial charge in [-0.3, -0.25) is 0 Å². The summed E-state index contributed by atoms with van der Waals surface area (Å²) in [5.41, 5.74) is 4.69. The van der Waals surface area contributed by atoms with Gasteiger partial charge in [-0.2, -0.15) is 11.3 Å². The molecule has 2 rings (SSSR count). The highest BCUT2D eigenvalue weighted by Gasteiger charge is 2.10. The SMILES string of the molecule is Cc1ccc(C(C)NCc2cscc2C)c(O)c1. The number of hydrogen-bond acceptors (Lipinski definition) is 3. The van der Waals surface area contributed by atoms with E-state index in [1.165, 1.54) is 11.1 Å². The first kappa shape index (κ1) is 13.1. The zero-order valence-electron chi connectivity index (χ0n) is 11.0. The lowest BCUT2D eigenvalue weighted by atomic mass is 10.0. The first-order chi connectivity index (χ1) is 8.58. The first-order valence-electron chi connectivity index (χ1n) is 6.12. The fourth-order valence-electron chi connectivity index (χ4n) is 1.96. The number of phenols is 1. The standard InChI is InChI=1S/C15H19NOS/c1-10-4-5-14(15(17)6-10)12(3)16-7-13-9-18-8-11(13)2/h4-6,8-9,12,16-17H,7H2,1-3H3. The van der Waals surface area contributed by atoms with E-state index in [2.05, 4.69) is 29.9 Å². The molecule has 0 aliphatic carbocycles. The highest BCUT2D eigenvalue weighted by molar-refractivity contribution is 7.08. The Morgan fingerprint density at radius 2 is 2.06 bits per heavy atom. The number of nitrogens with one attached hydrogen (secondary N) is 1. The van der Waals surface area contributed by atoms with Crippen LogP contribution >= 0.6 is 11.3 Å². The van der Waals surface area contributed by atoms with Gasteiger partial charge in [-0.15, -0.1) is 0 Å². The second-order valence-corrected chi connectivity index (χ2v) is 5.49. The van der Waals surface area contributed by atoms with Crippen molar-refractivity contribution >= 4 is 11.3 Å². The van der Waals surface area contributed by atoms with Gasteiger partial charge in [0.2, 0.25) is 0 Å². The van der Waals surface area contributed by atoms with E-state index in [9.17, 15) is 5.11 Å². The number of rotatable bonds is 4. The lowest BCUT2D eigenvalue weighted by molar-refractivity contribution is 0.452. The molecule has 0 saturated carbocycles. The summed E-state index contributed by atoms with van der Waals surface area (Å²) in [4.78, 5) is 0. The van der Waals surface area contributed by atoms with Gasteiger partial charge in [0.05, 0.1) is 0 Å². The molecule has 1 unspecified atom stereocenters. The van der Waals surface area contributed by atoms with E-state index in [-0.39, 0.29) is 6.04 Å². The summed E-state index contributed by atoms with van der Waals surface area (Å²) in [5.74, 6) is 0.372. The molecule has 0 aliphatic rings. The average Bonchev–Trinajstić information content (AvgIpc) is 2.72. The third-order valence-corrected chi connectivity index (χ3v) is 4.12. The summed E-state index contributed by atoms with van der Waals surface area (Å²) in [6.45, 7) is 7.02. The van der Waals surface area contributed by atoms with Gasteiger partial charge >= 0.3 is 0 Å². The van der Waals surface area contributed by atoms with E-state index in [1.807, 2.05) is 25.1 Å². The molecular formula is C15H19NOS. The predicted octanol–water partition coefficient (Wildman–Crippen LogP) is 3.92. The van der Waals surface area contributed by atoms with E-state index in [1.54, 1.807) is 11.3 Å². The van der Waals surface area contributed by atoms with Crippen molar-refractivity contribution in [3.63, 3.8) is 0 Å². The minimum absolute atomic E-state index is 0.143. The molecule has 2 N–H and O–H groups in total. The van der Waals surface area contributed by atoms with Crippen molar-refractivity contribution < 1.29 is 5.11 Å². The Morgan fingerprint density at radius 3 is 2.67 bits per heavy atom. The Labute approximate surface area is 112 Å². The summed E-state index contributed by atoms with van der Waals surface area (Å²) in [7, 11) is 0. The molecule has 1 aromatic carbocycles. The third-order valence-electron chi connectivity index (χ3n) is 3.21. The average molecular weight is 261 g/mol. The van der Waals surface area contributed by atoms with Crippen molar-refractivity contribution in [2.75, 3.05) is 0 Å². The number of phenolic OH excluding ortho intramolecular Hbond substituents is 1. The molecule has 0 spiro atoms. The van der Waals surface area contributed by atoms with E-state index >= 15 is 0 Å². The predicted molar refractivity (Wildman–Crippen MR) is 77.2 cm³/mol. The molecule has 0 radical (unpaired) electrons. The van der Waals surface area contributed by atoms with Crippen LogP contribution in [0.4, 0.5) is 0 Å². The Bertz CT molecular complexity index is 533. The number of thiophene rings is 1. The minimum Gasteiger partial charge on any atom is -0.508 e. The molecule has 0 fully saturated rings. The number of benzene rings is 1. The van der Waals surface area contributed by atoms with Crippen LogP contribution in [-0.4, -0.2) is 5.11 Å². The number of aromatic hydroxyl groups is 1. The molecule has 3 heteroatoms. The maximum absolute atomic E-state index is 9.94. The third kappa shape index (κ3) is 2.92. The molecule has 2 aromatic rings. The molecule has 0 bridgehead atoms. The fraction of sp³-hybridized carbons (Fsp3) is 0.333. The van der Waals surface area contributed by atoms with E-state index in [0.29, 0.717) is 5.75 Å². The Hall–Kier alpha value is -1.32. The summed E-state index contributed by atoms with van der Waals surface area (Å²) in [5, 5.41) is 17.7. The molecule has 1 atom stereocenters. The first-order valence-corrected chi connectivity index (χ1v) is 7.07. The molecule has 1 heterocycles. The molecule has 2 nitrogen and oxygen atoms in total. The number of aryl methyl sites for hydroxylation is 2. The van der Waals surface area contributed by atoms with Crippen molar-refractivity contribution in [3.8, 4) is 5.75 Å². The van der Waals surface area contributed by atoms with Crippen LogP contribution in [0, 0.1) is 13.8 Å². The van der Waals surface area contributed by atoms with Gasteiger partial charge in [0.15, 0.2) is 0 Å². The second kappa shape index (κ2) is 5.55. The van der Waals surface area contributed by atoms with Crippen molar-refractivity contribution in [2.45, 2.75) is 33.4 Å². The van der Waals surface area contributed by atoms with Gasteiger partial charge in [-0.1, -0.05) is 12.1 Å². The van der Waals surface area contributed by atoms with Crippen LogP contribution in [0.3, 0.4) is 0 Å². The maximum Gasteiger partial charge on any atom is 0.120 e. The van der Waals surface area contributed by atoms with Crippen LogP contribution in [0.2, 0.25) is 0 Å². The summed E-state index contributed by atoms with van der Waals surface area (Å²) >= 11 is 1.73. The van der Waals surface area contributed by atoms with E-state index in [4.69, 9.17) is 0 Å². The fourth-order valence-corrected chi connectivity index (χ4v) is 2.82. The van der Waals surface area contributed by atoms with Crippen LogP contribution in [0.1, 0.15) is 35.2 Å². The maximum atomic E-state index is 9.94. The highest BCUT2D eigenvalue weighted by atomic mass is 32.1. The van der Waals surface area contributed by atoms with Gasteiger partial charge in [-0.05, 0) is 54.3 Å². The topological polar surface area (TPSA) is 32.3 Å². The number of hydrogen-bond donors (Lipinski definition) is 2. The van der Waals surface area contributed by atoms with Crippen molar-refractivity contribution in [3.05, 3.63) is 51.2 Å². The minimum atomic E-state index is 0.143. The Morgan fingerprint density at radius 1 is 1.28 bits per heavy atom. The summed E-state index contributed by atoms with van der Waals surface area (Å²) in [6.07, 6.45) is 0. The van der Waals surface area contributed by atoms with Crippen LogP contribution in [0.15, 0.2) is 29.0 Å². The Balaban J connectivity index is 2.03. The molecule has 0 amide bonds. The Kier molecular flexibility index (Phi) is 4.04. The van der Waals surface area contributed by atoms with Gasteiger partial charge < -0.3 is 10.4 Å². The zero-order chi connectivity index (χ0) is 13.1. The smallest absolute Gasteiger partial charge is 0.120 e. The quantitative estimate of drug-likeness (QED) is 0.874. The lowest BCUT2D eigenvalue weighted by Crippen LogP contribution is -2.18. The van der Waals surface area contributed by atoms with Gasteiger partial charge in [0, 0.05) is 18.2 Å². The van der Waals surface area contributed by atoms with Crippen molar-refractivity contribution in [2.24, 2.45) is 0 Å². The molecule has 96 valence electrons. The largest absolute Gasteiger partial charge is 0.508 e. The highest BCUT2D eigenvalue weighted by Crippen LogP contribution is 2.25. The molecular weight excluding hydrogens is 242 g/mol. The van der Waals surface area contributed by atoms with Crippen LogP contribution in [0.5, 0.6) is 5.75 Å². The lowest BCUT2D eigenvalue weighted by Gasteiger charge is -2.16. The van der Waals surface area contributed by atoms with Gasteiger partial charge in [0.1, 0.15) is 5.75 Å². The van der Waals surface area contributed by atoms with Gasteiger partial charge in [-0.25, -0.2) is 0 Å². The van der Waals surface area contributed by atoms with Crippen molar-refractivity contribution in [1.29, 1.82) is 0 Å². The summed E-state index contributed by atoms with van der Waals surface area (Å²) < 4.78 is 0. The van der Waals surface area contributed by atoms with Crippen LogP contribution in [-0.2, 0) is 6.54 Å².